The minimum Gasteiger partial charge on any atom is -0.479 e. The number of H-pyrrole nitrogens is 1. The van der Waals surface area contributed by atoms with Crippen LogP contribution < -0.4 is 16.2 Å². The van der Waals surface area contributed by atoms with Gasteiger partial charge in [0.25, 0.3) is 11.8 Å². The number of anilines is 1. The number of halogens is 1. The first-order valence-electron chi connectivity index (χ1n) is 8.47. The standard InChI is InChI=1S/C19H15ClN4O6/c20-11-5-6-13-10(7-11)8-15(21-13)18(28)24-23-17(27)12-3-1-2-4-14(12)22-19(29)30-9-16(25)26/h1-8,21H,9H2,(H,22,29)(H,23,27)(H,24,28)(H,25,26). The lowest BCUT2D eigenvalue weighted by Crippen LogP contribution is -2.42. The van der Waals surface area contributed by atoms with Crippen molar-refractivity contribution >= 4 is 52.1 Å². The summed E-state index contributed by atoms with van der Waals surface area (Å²) in [5.74, 6) is -2.63. The molecular formula is C19H15ClN4O6. The van der Waals surface area contributed by atoms with Gasteiger partial charge in [0, 0.05) is 15.9 Å². The molecule has 30 heavy (non-hydrogen) atoms. The maximum absolute atomic E-state index is 12.4. The van der Waals surface area contributed by atoms with Crippen LogP contribution in [0.3, 0.4) is 0 Å². The second-order valence-corrected chi connectivity index (χ2v) is 6.40. The van der Waals surface area contributed by atoms with Gasteiger partial charge in [-0.15, -0.1) is 0 Å². The summed E-state index contributed by atoms with van der Waals surface area (Å²) in [6.45, 7) is -0.827. The molecule has 3 aromatic rings. The molecule has 11 heteroatoms. The molecule has 0 radical (unpaired) electrons. The molecule has 0 spiro atoms. The number of para-hydroxylation sites is 1. The summed E-state index contributed by atoms with van der Waals surface area (Å²) in [6, 6.07) is 12.6. The van der Waals surface area contributed by atoms with Crippen LogP contribution in [0.15, 0.2) is 48.5 Å². The Labute approximate surface area is 174 Å². The van der Waals surface area contributed by atoms with Crippen LogP contribution in [0.25, 0.3) is 10.9 Å². The maximum atomic E-state index is 12.4. The van der Waals surface area contributed by atoms with E-state index >= 15 is 0 Å². The number of aromatic nitrogens is 1. The van der Waals surface area contributed by atoms with Crippen molar-refractivity contribution in [2.75, 3.05) is 11.9 Å². The maximum Gasteiger partial charge on any atom is 0.412 e. The number of hydrogen-bond acceptors (Lipinski definition) is 5. The molecule has 0 fully saturated rings. The molecule has 0 aliphatic heterocycles. The lowest BCUT2D eigenvalue weighted by molar-refractivity contribution is -0.140. The van der Waals surface area contributed by atoms with Crippen molar-refractivity contribution < 1.29 is 29.0 Å². The van der Waals surface area contributed by atoms with Crippen LogP contribution >= 0.6 is 11.6 Å². The Bertz CT molecular complexity index is 1140. The number of aromatic amines is 1. The predicted molar refractivity (Wildman–Crippen MR) is 107 cm³/mol. The van der Waals surface area contributed by atoms with Gasteiger partial charge in [0.15, 0.2) is 6.61 Å². The van der Waals surface area contributed by atoms with Gasteiger partial charge >= 0.3 is 12.1 Å². The van der Waals surface area contributed by atoms with Gasteiger partial charge < -0.3 is 14.8 Å². The fraction of sp³-hybridized carbons (Fsp3) is 0.0526. The van der Waals surface area contributed by atoms with E-state index in [1.54, 1.807) is 36.4 Å². The van der Waals surface area contributed by atoms with Gasteiger partial charge in [0.05, 0.1) is 11.3 Å². The third-order valence-corrected chi connectivity index (χ3v) is 4.09. The molecule has 0 atom stereocenters. The number of rotatable bonds is 5. The first-order valence-corrected chi connectivity index (χ1v) is 8.85. The molecule has 0 bridgehead atoms. The van der Waals surface area contributed by atoms with Gasteiger partial charge in [-0.1, -0.05) is 23.7 Å². The molecule has 5 N–H and O–H groups in total. The van der Waals surface area contributed by atoms with E-state index in [0.717, 1.165) is 5.39 Å². The largest absolute Gasteiger partial charge is 0.479 e. The van der Waals surface area contributed by atoms with E-state index in [-0.39, 0.29) is 16.9 Å². The van der Waals surface area contributed by atoms with Gasteiger partial charge in [0.2, 0.25) is 0 Å². The summed E-state index contributed by atoms with van der Waals surface area (Å²) in [4.78, 5) is 49.7. The highest BCUT2D eigenvalue weighted by Crippen LogP contribution is 2.20. The molecule has 0 unspecified atom stereocenters. The molecule has 1 heterocycles. The highest BCUT2D eigenvalue weighted by molar-refractivity contribution is 6.31. The van der Waals surface area contributed by atoms with Crippen LogP contribution in [0.5, 0.6) is 0 Å². The van der Waals surface area contributed by atoms with E-state index in [0.29, 0.717) is 10.5 Å². The topological polar surface area (TPSA) is 150 Å². The molecule has 0 aliphatic carbocycles. The Morgan fingerprint density at radius 1 is 1.00 bits per heavy atom. The molecule has 0 saturated carbocycles. The third-order valence-electron chi connectivity index (χ3n) is 3.85. The minimum atomic E-state index is -1.32. The molecule has 0 aliphatic rings. The number of carboxylic acid groups (broad SMARTS) is 1. The summed E-state index contributed by atoms with van der Waals surface area (Å²) < 4.78 is 4.47. The summed E-state index contributed by atoms with van der Waals surface area (Å²) >= 11 is 5.92. The Morgan fingerprint density at radius 2 is 1.73 bits per heavy atom. The smallest absolute Gasteiger partial charge is 0.412 e. The Kier molecular flexibility index (Phi) is 6.18. The van der Waals surface area contributed by atoms with Crippen LogP contribution in [-0.2, 0) is 9.53 Å². The van der Waals surface area contributed by atoms with Gasteiger partial charge in [-0.05, 0) is 36.4 Å². The average molecular weight is 431 g/mol. The molecule has 3 rings (SSSR count). The predicted octanol–water partition coefficient (Wildman–Crippen LogP) is 2.53. The number of carboxylic acids is 1. The zero-order chi connectivity index (χ0) is 21.7. The van der Waals surface area contributed by atoms with Crippen molar-refractivity contribution in [2.24, 2.45) is 0 Å². The van der Waals surface area contributed by atoms with Crippen molar-refractivity contribution in [1.29, 1.82) is 0 Å². The van der Waals surface area contributed by atoms with E-state index in [9.17, 15) is 19.2 Å². The number of aliphatic carboxylic acids is 1. The fourth-order valence-corrected chi connectivity index (χ4v) is 2.72. The van der Waals surface area contributed by atoms with Crippen LogP contribution in [0.1, 0.15) is 20.8 Å². The van der Waals surface area contributed by atoms with Crippen molar-refractivity contribution in [2.45, 2.75) is 0 Å². The van der Waals surface area contributed by atoms with Crippen molar-refractivity contribution in [3.05, 3.63) is 64.8 Å². The number of hydrogen-bond donors (Lipinski definition) is 5. The second kappa shape index (κ2) is 8.97. The quantitative estimate of drug-likeness (QED) is 0.392. The normalized spacial score (nSPS) is 10.3. The van der Waals surface area contributed by atoms with Crippen molar-refractivity contribution in [3.8, 4) is 0 Å². The molecule has 2 aromatic carbocycles. The van der Waals surface area contributed by atoms with E-state index in [2.05, 4.69) is 25.9 Å². The number of benzene rings is 2. The lowest BCUT2D eigenvalue weighted by atomic mass is 10.1. The molecule has 10 nitrogen and oxygen atoms in total. The zero-order valence-corrected chi connectivity index (χ0v) is 15.9. The number of amides is 3. The Balaban J connectivity index is 1.64. The number of fused-ring (bicyclic) bond motifs is 1. The van der Waals surface area contributed by atoms with E-state index in [1.807, 2.05) is 0 Å². The number of carbonyl (C=O) groups excluding carboxylic acids is 3. The molecule has 154 valence electrons. The van der Waals surface area contributed by atoms with Crippen molar-refractivity contribution in [1.82, 2.24) is 15.8 Å². The number of nitrogens with one attached hydrogen (secondary N) is 4. The number of ether oxygens (including phenoxy) is 1. The van der Waals surface area contributed by atoms with Gasteiger partial charge in [-0.25, -0.2) is 9.59 Å². The SMILES string of the molecule is O=C(O)COC(=O)Nc1ccccc1C(=O)NNC(=O)c1cc2cc(Cl)ccc2[nH]1. The highest BCUT2D eigenvalue weighted by Gasteiger charge is 2.16. The van der Waals surface area contributed by atoms with Gasteiger partial charge in [-0.2, -0.15) is 0 Å². The van der Waals surface area contributed by atoms with Gasteiger partial charge in [0.1, 0.15) is 5.69 Å². The fourth-order valence-electron chi connectivity index (χ4n) is 2.54. The average Bonchev–Trinajstić information content (AvgIpc) is 3.14. The zero-order valence-electron chi connectivity index (χ0n) is 15.2. The molecular weight excluding hydrogens is 416 g/mol. The highest BCUT2D eigenvalue weighted by atomic mass is 35.5. The van der Waals surface area contributed by atoms with Crippen LogP contribution in [0.4, 0.5) is 10.5 Å². The summed E-state index contributed by atoms with van der Waals surface area (Å²) in [5, 5.41) is 12.1. The van der Waals surface area contributed by atoms with Gasteiger partial charge in [-0.3, -0.25) is 25.8 Å². The molecule has 3 amide bonds. The first kappa shape index (κ1) is 20.7. The lowest BCUT2D eigenvalue weighted by Gasteiger charge is -2.11. The molecule has 0 saturated heterocycles. The van der Waals surface area contributed by atoms with E-state index in [4.69, 9.17) is 16.7 Å². The van der Waals surface area contributed by atoms with Crippen LogP contribution in [0, 0.1) is 0 Å². The number of hydrazine groups is 1. The Morgan fingerprint density at radius 3 is 2.50 bits per heavy atom. The summed E-state index contributed by atoms with van der Waals surface area (Å²) in [5.41, 5.74) is 5.51. The third kappa shape index (κ3) is 5.06. The van der Waals surface area contributed by atoms with E-state index in [1.165, 1.54) is 12.1 Å². The monoisotopic (exact) mass is 430 g/mol. The number of carbonyl (C=O) groups is 4. The van der Waals surface area contributed by atoms with Crippen LogP contribution in [-0.4, -0.2) is 40.6 Å². The van der Waals surface area contributed by atoms with E-state index < -0.39 is 30.5 Å². The second-order valence-electron chi connectivity index (χ2n) is 5.96. The van der Waals surface area contributed by atoms with Crippen LogP contribution in [0.2, 0.25) is 5.02 Å². The van der Waals surface area contributed by atoms with Crippen molar-refractivity contribution in [3.63, 3.8) is 0 Å². The first-order chi connectivity index (χ1) is 14.3. The summed E-state index contributed by atoms with van der Waals surface area (Å²) in [6.07, 6.45) is -1.04. The minimum absolute atomic E-state index is 0.0218. The molecule has 1 aromatic heterocycles. The Hall–Kier alpha value is -4.05. The summed E-state index contributed by atoms with van der Waals surface area (Å²) in [7, 11) is 0.